The fraction of sp³-hybridized carbons (Fsp3) is 0.143. The zero-order chi connectivity index (χ0) is 13.2. The van der Waals surface area contributed by atoms with Gasteiger partial charge in [0, 0.05) is 17.8 Å². The third kappa shape index (κ3) is 1.99. The Morgan fingerprint density at radius 2 is 2.00 bits per heavy atom. The lowest BCUT2D eigenvalue weighted by atomic mass is 10.1. The summed E-state index contributed by atoms with van der Waals surface area (Å²) in [5.41, 5.74) is 0. The molecular formula is C14H13N3O2. The monoisotopic (exact) mass is 255 g/mol. The van der Waals surface area contributed by atoms with Gasteiger partial charge in [-0.05, 0) is 35.7 Å². The van der Waals surface area contributed by atoms with Crippen LogP contribution in [0.4, 0.5) is 0 Å². The molecule has 96 valence electrons. The highest BCUT2D eigenvalue weighted by Crippen LogP contribution is 2.28. The van der Waals surface area contributed by atoms with Gasteiger partial charge in [-0.3, -0.25) is 0 Å². The Morgan fingerprint density at radius 1 is 1.11 bits per heavy atom. The number of aromatic nitrogens is 3. The first kappa shape index (κ1) is 11.5. The van der Waals surface area contributed by atoms with Crippen molar-refractivity contribution in [2.75, 3.05) is 14.2 Å². The van der Waals surface area contributed by atoms with Crippen molar-refractivity contribution in [3.63, 3.8) is 0 Å². The molecule has 3 aromatic rings. The summed E-state index contributed by atoms with van der Waals surface area (Å²) in [6.45, 7) is 0. The van der Waals surface area contributed by atoms with Gasteiger partial charge in [0.05, 0.1) is 14.2 Å². The van der Waals surface area contributed by atoms with E-state index in [1.54, 1.807) is 25.1 Å². The van der Waals surface area contributed by atoms with Crippen LogP contribution in [0.3, 0.4) is 0 Å². The highest BCUT2D eigenvalue weighted by molar-refractivity contribution is 5.89. The third-order valence-corrected chi connectivity index (χ3v) is 2.92. The number of hydrogen-bond donors (Lipinski definition) is 0. The Bertz CT molecular complexity index is 708. The van der Waals surface area contributed by atoms with Crippen LogP contribution in [0.2, 0.25) is 0 Å². The average molecular weight is 255 g/mol. The van der Waals surface area contributed by atoms with E-state index in [-0.39, 0.29) is 0 Å². The molecule has 2 heterocycles. The van der Waals surface area contributed by atoms with Crippen molar-refractivity contribution >= 4 is 10.8 Å². The van der Waals surface area contributed by atoms with Crippen molar-refractivity contribution in [2.45, 2.75) is 0 Å². The first-order valence-electron chi connectivity index (χ1n) is 5.84. The maximum Gasteiger partial charge on any atom is 0.223 e. The lowest BCUT2D eigenvalue weighted by molar-refractivity contribution is 0.402. The van der Waals surface area contributed by atoms with Crippen LogP contribution in [0.5, 0.6) is 11.6 Å². The van der Waals surface area contributed by atoms with Gasteiger partial charge in [-0.1, -0.05) is 0 Å². The first-order valence-corrected chi connectivity index (χ1v) is 5.84. The molecule has 0 amide bonds. The Hall–Kier alpha value is -2.56. The van der Waals surface area contributed by atoms with E-state index in [2.05, 4.69) is 10.1 Å². The summed E-state index contributed by atoms with van der Waals surface area (Å²) in [6.07, 6.45) is 3.55. The van der Waals surface area contributed by atoms with E-state index in [0.717, 1.165) is 16.5 Å². The molecule has 5 heteroatoms. The SMILES string of the molecule is COc1ccc2c(OC)nc(-n3cccn3)cc2c1. The minimum atomic E-state index is 0.575. The number of nitrogens with zero attached hydrogens (tertiary/aromatic N) is 3. The Morgan fingerprint density at radius 3 is 2.68 bits per heavy atom. The van der Waals surface area contributed by atoms with Gasteiger partial charge < -0.3 is 9.47 Å². The number of hydrogen-bond acceptors (Lipinski definition) is 4. The van der Waals surface area contributed by atoms with Gasteiger partial charge in [-0.2, -0.15) is 10.1 Å². The Balaban J connectivity index is 2.25. The fourth-order valence-electron chi connectivity index (χ4n) is 1.99. The van der Waals surface area contributed by atoms with E-state index in [1.165, 1.54) is 0 Å². The van der Waals surface area contributed by atoms with Crippen molar-refractivity contribution < 1.29 is 9.47 Å². The number of ether oxygens (including phenoxy) is 2. The molecule has 0 spiro atoms. The Labute approximate surface area is 110 Å². The maximum atomic E-state index is 5.35. The molecule has 0 aliphatic rings. The second-order valence-electron chi connectivity index (χ2n) is 4.03. The second kappa shape index (κ2) is 4.61. The average Bonchev–Trinajstić information content (AvgIpc) is 2.99. The van der Waals surface area contributed by atoms with Crippen LogP contribution in [0, 0.1) is 0 Å². The minimum absolute atomic E-state index is 0.575. The van der Waals surface area contributed by atoms with Crippen molar-refractivity contribution in [2.24, 2.45) is 0 Å². The van der Waals surface area contributed by atoms with Crippen LogP contribution in [0.25, 0.3) is 16.6 Å². The standard InChI is InChI=1S/C14H13N3O2/c1-18-11-4-5-12-10(8-11)9-13(16-14(12)19-2)17-7-3-6-15-17/h3-9H,1-2H3. The summed E-state index contributed by atoms with van der Waals surface area (Å²) in [7, 11) is 3.26. The van der Waals surface area contributed by atoms with E-state index in [0.29, 0.717) is 11.7 Å². The molecule has 5 nitrogen and oxygen atoms in total. The van der Waals surface area contributed by atoms with Crippen molar-refractivity contribution in [3.05, 3.63) is 42.7 Å². The van der Waals surface area contributed by atoms with Crippen molar-refractivity contribution in [1.82, 2.24) is 14.8 Å². The van der Waals surface area contributed by atoms with Gasteiger partial charge in [-0.15, -0.1) is 0 Å². The second-order valence-corrected chi connectivity index (χ2v) is 4.03. The number of fused-ring (bicyclic) bond motifs is 1. The minimum Gasteiger partial charge on any atom is -0.497 e. The molecular weight excluding hydrogens is 242 g/mol. The quantitative estimate of drug-likeness (QED) is 0.721. The third-order valence-electron chi connectivity index (χ3n) is 2.92. The highest BCUT2D eigenvalue weighted by Gasteiger charge is 2.08. The zero-order valence-corrected chi connectivity index (χ0v) is 10.7. The predicted molar refractivity (Wildman–Crippen MR) is 72.0 cm³/mol. The van der Waals surface area contributed by atoms with Crippen LogP contribution in [-0.2, 0) is 0 Å². The lowest BCUT2D eigenvalue weighted by Crippen LogP contribution is -2.00. The zero-order valence-electron chi connectivity index (χ0n) is 10.7. The lowest BCUT2D eigenvalue weighted by Gasteiger charge is -2.09. The molecule has 1 aromatic carbocycles. The largest absolute Gasteiger partial charge is 0.497 e. The van der Waals surface area contributed by atoms with Crippen molar-refractivity contribution in [1.29, 1.82) is 0 Å². The molecule has 0 unspecified atom stereocenters. The normalized spacial score (nSPS) is 10.6. The smallest absolute Gasteiger partial charge is 0.223 e. The molecule has 0 aliphatic carbocycles. The van der Waals surface area contributed by atoms with E-state index < -0.39 is 0 Å². The molecule has 0 saturated carbocycles. The van der Waals surface area contributed by atoms with Crippen LogP contribution < -0.4 is 9.47 Å². The van der Waals surface area contributed by atoms with E-state index in [9.17, 15) is 0 Å². The summed E-state index contributed by atoms with van der Waals surface area (Å²) in [4.78, 5) is 4.45. The van der Waals surface area contributed by atoms with E-state index in [4.69, 9.17) is 9.47 Å². The van der Waals surface area contributed by atoms with Crippen LogP contribution in [-0.4, -0.2) is 29.0 Å². The first-order chi connectivity index (χ1) is 9.31. The summed E-state index contributed by atoms with van der Waals surface area (Å²) in [5.74, 6) is 2.08. The fourth-order valence-corrected chi connectivity index (χ4v) is 1.99. The summed E-state index contributed by atoms with van der Waals surface area (Å²) >= 11 is 0. The molecule has 0 aliphatic heterocycles. The number of rotatable bonds is 3. The highest BCUT2D eigenvalue weighted by atomic mass is 16.5. The molecule has 3 rings (SSSR count). The van der Waals surface area contributed by atoms with Gasteiger partial charge in [0.1, 0.15) is 5.75 Å². The van der Waals surface area contributed by atoms with Crippen LogP contribution in [0.15, 0.2) is 42.7 Å². The molecule has 2 aromatic heterocycles. The topological polar surface area (TPSA) is 49.2 Å². The van der Waals surface area contributed by atoms with Gasteiger partial charge in [0.25, 0.3) is 0 Å². The van der Waals surface area contributed by atoms with Crippen LogP contribution >= 0.6 is 0 Å². The predicted octanol–water partition coefficient (Wildman–Crippen LogP) is 2.44. The molecule has 0 bridgehead atoms. The maximum absolute atomic E-state index is 5.35. The van der Waals surface area contributed by atoms with E-state index >= 15 is 0 Å². The molecule has 0 saturated heterocycles. The number of benzene rings is 1. The number of methoxy groups -OCH3 is 2. The molecule has 0 N–H and O–H groups in total. The molecule has 0 fully saturated rings. The van der Waals surface area contributed by atoms with Crippen molar-refractivity contribution in [3.8, 4) is 17.4 Å². The number of pyridine rings is 1. The van der Waals surface area contributed by atoms with Gasteiger partial charge in [0.2, 0.25) is 5.88 Å². The Kier molecular flexibility index (Phi) is 2.79. The van der Waals surface area contributed by atoms with Crippen LogP contribution in [0.1, 0.15) is 0 Å². The molecule has 19 heavy (non-hydrogen) atoms. The van der Waals surface area contributed by atoms with E-state index in [1.807, 2.05) is 36.5 Å². The summed E-state index contributed by atoms with van der Waals surface area (Å²) in [5, 5.41) is 6.12. The molecule has 0 radical (unpaired) electrons. The molecule has 0 atom stereocenters. The summed E-state index contributed by atoms with van der Waals surface area (Å²) < 4.78 is 12.3. The van der Waals surface area contributed by atoms with Gasteiger partial charge >= 0.3 is 0 Å². The van der Waals surface area contributed by atoms with Gasteiger partial charge in [0.15, 0.2) is 5.82 Å². The summed E-state index contributed by atoms with van der Waals surface area (Å²) in [6, 6.07) is 9.58. The van der Waals surface area contributed by atoms with Gasteiger partial charge in [-0.25, -0.2) is 4.68 Å².